The van der Waals surface area contributed by atoms with Gasteiger partial charge in [-0.25, -0.2) is 0 Å². The smallest absolute Gasteiger partial charge is 0.257 e. The molecule has 0 N–H and O–H groups in total. The van der Waals surface area contributed by atoms with Crippen molar-refractivity contribution in [3.8, 4) is 11.5 Å². The van der Waals surface area contributed by atoms with Crippen molar-refractivity contribution in [1.29, 1.82) is 0 Å². The Balaban J connectivity index is 1.05. The second-order valence-electron chi connectivity index (χ2n) is 22.8. The van der Waals surface area contributed by atoms with Gasteiger partial charge in [0.05, 0.1) is 0 Å². The van der Waals surface area contributed by atoms with E-state index < -0.39 is 0 Å². The van der Waals surface area contributed by atoms with Crippen LogP contribution in [0.15, 0.2) is 205 Å². The van der Waals surface area contributed by atoms with E-state index in [0.717, 1.165) is 67.6 Å². The lowest BCUT2D eigenvalue weighted by Crippen LogP contribution is -2.69. The van der Waals surface area contributed by atoms with Crippen LogP contribution in [0.1, 0.15) is 76.0 Å². The third kappa shape index (κ3) is 6.15. The van der Waals surface area contributed by atoms with Gasteiger partial charge >= 0.3 is 0 Å². The molecule has 0 unspecified atom stereocenters. The fourth-order valence-corrected chi connectivity index (χ4v) is 14.4. The van der Waals surface area contributed by atoms with Gasteiger partial charge in [-0.15, -0.1) is 0 Å². The molecule has 366 valence electrons. The van der Waals surface area contributed by atoms with Crippen LogP contribution in [-0.2, 0) is 0 Å². The van der Waals surface area contributed by atoms with Crippen LogP contribution < -0.4 is 68.6 Å². The van der Waals surface area contributed by atoms with E-state index in [1.807, 2.05) is 0 Å². The summed E-state index contributed by atoms with van der Waals surface area (Å²) in [7, 11) is 0. The summed E-state index contributed by atoms with van der Waals surface area (Å²) in [4.78, 5) is 7.69. The summed E-state index contributed by atoms with van der Waals surface area (Å²) < 4.78 is 14.4. The SMILES string of the molecule is CC(C)c1cc(C(C)C)c(B2c3ccccc3Oc3cc4c(cc32)B2c3ccccc3N3c5ccccc5B5c6c(cc(c2c63)N4c2ccccc2)N(c2ccccc2)c2ccc3c(oc4ccccc43)c25)c(C(C)C)c1. The van der Waals surface area contributed by atoms with E-state index >= 15 is 0 Å². The number of benzene rings is 10. The number of hydrogen-bond donors (Lipinski definition) is 0. The largest absolute Gasteiger partial charge is 0.458 e. The molecule has 8 heteroatoms. The number of nitrogens with zero attached hydrogens (tertiary/aromatic N) is 3. The maximum atomic E-state index is 7.29. The van der Waals surface area contributed by atoms with E-state index in [1.165, 1.54) is 82.9 Å². The molecule has 5 nitrogen and oxygen atoms in total. The molecule has 0 saturated heterocycles. The Morgan fingerprint density at radius 1 is 0.351 bits per heavy atom. The van der Waals surface area contributed by atoms with Crippen LogP contribution in [0.3, 0.4) is 0 Å². The average Bonchev–Trinajstić information content (AvgIpc) is 2.94. The summed E-state index contributed by atoms with van der Waals surface area (Å²) in [5.41, 5.74) is 28.0. The van der Waals surface area contributed by atoms with E-state index in [1.54, 1.807) is 0 Å². The molecule has 0 radical (unpaired) electrons. The van der Waals surface area contributed by atoms with Gasteiger partial charge in [0.1, 0.15) is 22.7 Å². The molecular weight excluding hydrogens is 935 g/mol. The summed E-state index contributed by atoms with van der Waals surface area (Å²) >= 11 is 0. The molecule has 0 saturated carbocycles. The van der Waals surface area contributed by atoms with Gasteiger partial charge in [0.25, 0.3) is 20.1 Å². The van der Waals surface area contributed by atoms with Crippen LogP contribution in [0.4, 0.5) is 51.2 Å². The summed E-state index contributed by atoms with van der Waals surface area (Å²) in [6, 6.07) is 74.9. The van der Waals surface area contributed by atoms with Crippen molar-refractivity contribution in [2.24, 2.45) is 0 Å². The predicted octanol–water partition coefficient (Wildman–Crippen LogP) is 12.3. The van der Waals surface area contributed by atoms with Gasteiger partial charge in [-0.2, -0.15) is 0 Å². The topological polar surface area (TPSA) is 32.1 Å². The first kappa shape index (κ1) is 44.7. The summed E-state index contributed by atoms with van der Waals surface area (Å²) in [6.45, 7) is 13.8. The van der Waals surface area contributed by atoms with Gasteiger partial charge in [0, 0.05) is 68.0 Å². The fraction of sp³-hybridized carbons (Fsp3) is 0.130. The minimum Gasteiger partial charge on any atom is -0.458 e. The molecule has 0 fully saturated rings. The van der Waals surface area contributed by atoms with Crippen LogP contribution in [0, 0.1) is 0 Å². The van der Waals surface area contributed by atoms with E-state index in [-0.39, 0.29) is 20.1 Å². The van der Waals surface area contributed by atoms with Crippen molar-refractivity contribution >= 4 is 142 Å². The molecule has 6 heterocycles. The molecular formula is C69H54B3N3O2. The molecule has 16 rings (SSSR count). The van der Waals surface area contributed by atoms with Crippen LogP contribution in [0.5, 0.6) is 11.5 Å². The zero-order valence-electron chi connectivity index (χ0n) is 44.2. The highest BCUT2D eigenvalue weighted by Crippen LogP contribution is 2.51. The predicted molar refractivity (Wildman–Crippen MR) is 327 cm³/mol. The van der Waals surface area contributed by atoms with E-state index in [0.29, 0.717) is 17.8 Å². The van der Waals surface area contributed by atoms with E-state index in [4.69, 9.17) is 9.15 Å². The highest BCUT2D eigenvalue weighted by molar-refractivity contribution is 7.06. The molecule has 5 aliphatic rings. The van der Waals surface area contributed by atoms with Crippen molar-refractivity contribution in [2.45, 2.75) is 59.3 Å². The lowest BCUT2D eigenvalue weighted by Gasteiger charge is -2.51. The zero-order valence-corrected chi connectivity index (χ0v) is 44.2. The first-order valence-corrected chi connectivity index (χ1v) is 27.7. The lowest BCUT2D eigenvalue weighted by molar-refractivity contribution is 0.487. The van der Waals surface area contributed by atoms with Gasteiger partial charge in [-0.05, 0) is 145 Å². The Hall–Kier alpha value is -8.61. The van der Waals surface area contributed by atoms with E-state index in [2.05, 4.69) is 256 Å². The Morgan fingerprint density at radius 2 is 0.909 bits per heavy atom. The molecule has 0 amide bonds. The lowest BCUT2D eigenvalue weighted by atomic mass is 9.28. The standard InChI is InChI=1S/C69H54B3N3O2/c1-40(2)43-35-48(41(3)4)64(49(36-43)42(5)6)71-52-28-16-20-32-62(52)76-63-39-58-53(37-54(63)71)70-50-26-14-17-29-55(50)75-56-30-18-15-27-51(56)72-66-60(38-59(65(70)68(66)75)74(58)45-23-11-8-12-24-45)73(44-21-9-7-10-22-44)57-34-33-47-46-25-13-19-31-61(46)77-69(47)67(57)72/h7-42H,1-6H3. The van der Waals surface area contributed by atoms with Crippen molar-refractivity contribution in [1.82, 2.24) is 0 Å². The number of rotatable bonds is 6. The maximum absolute atomic E-state index is 7.29. The molecule has 0 aliphatic carbocycles. The van der Waals surface area contributed by atoms with Crippen molar-refractivity contribution in [3.05, 3.63) is 217 Å². The Bertz CT molecular complexity index is 4270. The average molecular weight is 990 g/mol. The molecule has 0 atom stereocenters. The minimum absolute atomic E-state index is 0.0570. The molecule has 5 aliphatic heterocycles. The quantitative estimate of drug-likeness (QED) is 0.155. The number of furan rings is 1. The number of fused-ring (bicyclic) bond motifs is 16. The summed E-state index contributed by atoms with van der Waals surface area (Å²) in [5.74, 6) is 2.85. The molecule has 11 aromatic rings. The van der Waals surface area contributed by atoms with Crippen LogP contribution in [-0.4, -0.2) is 20.1 Å². The second-order valence-corrected chi connectivity index (χ2v) is 22.8. The fourth-order valence-electron chi connectivity index (χ4n) is 14.4. The Morgan fingerprint density at radius 3 is 1.57 bits per heavy atom. The van der Waals surface area contributed by atoms with Gasteiger partial charge in [0.2, 0.25) is 0 Å². The first-order valence-electron chi connectivity index (χ1n) is 27.7. The highest BCUT2D eigenvalue weighted by atomic mass is 16.5. The van der Waals surface area contributed by atoms with Gasteiger partial charge < -0.3 is 23.9 Å². The number of para-hydroxylation sites is 6. The molecule has 77 heavy (non-hydrogen) atoms. The third-order valence-electron chi connectivity index (χ3n) is 17.7. The van der Waals surface area contributed by atoms with Crippen LogP contribution in [0.25, 0.3) is 21.9 Å². The van der Waals surface area contributed by atoms with Crippen molar-refractivity contribution in [2.75, 3.05) is 14.7 Å². The van der Waals surface area contributed by atoms with E-state index in [9.17, 15) is 0 Å². The number of hydrogen-bond acceptors (Lipinski definition) is 5. The van der Waals surface area contributed by atoms with Gasteiger partial charge in [0.15, 0.2) is 0 Å². The Kier molecular flexibility index (Phi) is 9.54. The zero-order chi connectivity index (χ0) is 51.5. The van der Waals surface area contributed by atoms with Gasteiger partial charge in [-0.1, -0.05) is 174 Å². The van der Waals surface area contributed by atoms with Crippen LogP contribution in [0.2, 0.25) is 0 Å². The van der Waals surface area contributed by atoms with Crippen LogP contribution >= 0.6 is 0 Å². The third-order valence-corrected chi connectivity index (χ3v) is 17.7. The molecule has 10 aromatic carbocycles. The van der Waals surface area contributed by atoms with Crippen molar-refractivity contribution < 1.29 is 9.15 Å². The second kappa shape index (κ2) is 16.4. The monoisotopic (exact) mass is 989 g/mol. The minimum atomic E-state index is -0.134. The highest BCUT2D eigenvalue weighted by Gasteiger charge is 2.53. The summed E-state index contributed by atoms with van der Waals surface area (Å²) in [6.07, 6.45) is 0. The molecule has 0 spiro atoms. The Labute approximate surface area is 451 Å². The summed E-state index contributed by atoms with van der Waals surface area (Å²) in [5, 5.41) is 2.27. The van der Waals surface area contributed by atoms with Crippen molar-refractivity contribution in [3.63, 3.8) is 0 Å². The maximum Gasteiger partial charge on any atom is 0.257 e. The molecule has 0 bridgehead atoms. The first-order chi connectivity index (χ1) is 37.7. The number of ether oxygens (including phenoxy) is 1. The van der Waals surface area contributed by atoms with Gasteiger partial charge in [-0.3, -0.25) is 0 Å². The normalized spacial score (nSPS) is 14.1. The number of anilines is 9. The molecule has 1 aromatic heterocycles.